The lowest BCUT2D eigenvalue weighted by molar-refractivity contribution is -0.137. The summed E-state index contributed by atoms with van der Waals surface area (Å²) >= 11 is 11.7. The van der Waals surface area contributed by atoms with Crippen molar-refractivity contribution in [2.24, 2.45) is 0 Å². The molecule has 1 aromatic rings. The largest absolute Gasteiger partial charge is 0.524 e. The third-order valence-electron chi connectivity index (χ3n) is 1.98. The van der Waals surface area contributed by atoms with Gasteiger partial charge in [0, 0.05) is 5.56 Å². The molecule has 0 aliphatic rings. The fourth-order valence-electron chi connectivity index (χ4n) is 1.26. The van der Waals surface area contributed by atoms with Crippen molar-refractivity contribution in [1.29, 1.82) is 0 Å². The van der Waals surface area contributed by atoms with E-state index in [1.165, 1.54) is 12.1 Å². The monoisotopic (exact) mass is 340 g/mol. The topological polar surface area (TPSA) is 93.1 Å². The van der Waals surface area contributed by atoms with Crippen LogP contribution in [0.3, 0.4) is 0 Å². The first-order valence-corrected chi connectivity index (χ1v) is 7.61. The lowest BCUT2D eigenvalue weighted by Gasteiger charge is -2.14. The summed E-state index contributed by atoms with van der Waals surface area (Å²) < 4.78 is 20.1. The van der Waals surface area contributed by atoms with E-state index in [2.05, 4.69) is 9.26 Å². The van der Waals surface area contributed by atoms with E-state index < -0.39 is 24.6 Å². The van der Waals surface area contributed by atoms with Gasteiger partial charge in [-0.05, 0) is 19.1 Å². The molecule has 0 fully saturated rings. The number of carbonyl (C=O) groups excluding carboxylic acids is 1. The third kappa shape index (κ3) is 4.81. The van der Waals surface area contributed by atoms with Crippen molar-refractivity contribution >= 4 is 42.8 Å². The van der Waals surface area contributed by atoms with E-state index >= 15 is 0 Å². The number of phosphoric acid groups is 1. The highest BCUT2D eigenvalue weighted by Crippen LogP contribution is 2.44. The fraction of sp³-hybridized carbons (Fsp3) is 0.182. The Kier molecular flexibility index (Phi) is 6.05. The van der Waals surface area contributed by atoms with E-state index in [-0.39, 0.29) is 17.2 Å². The van der Waals surface area contributed by atoms with E-state index in [9.17, 15) is 9.36 Å². The number of ether oxygens (including phenoxy) is 1. The van der Waals surface area contributed by atoms with Crippen LogP contribution in [-0.4, -0.2) is 22.4 Å². The number of hydrogen-bond donors (Lipinski definition) is 2. The number of halogens is 2. The smallest absolute Gasteiger partial charge is 0.462 e. The summed E-state index contributed by atoms with van der Waals surface area (Å²) in [6.07, 6.45) is 0. The molecular weight excluding hydrogens is 330 g/mol. The Morgan fingerprint density at radius 3 is 2.45 bits per heavy atom. The summed E-state index contributed by atoms with van der Waals surface area (Å²) in [6.45, 7) is 1.60. The number of rotatable bonds is 5. The Morgan fingerprint density at radius 2 is 1.95 bits per heavy atom. The Hall–Kier alpha value is -1.04. The molecule has 0 bridgehead atoms. The predicted molar refractivity (Wildman–Crippen MR) is 74.0 cm³/mol. The zero-order valence-electron chi connectivity index (χ0n) is 10.2. The average molecular weight is 341 g/mol. The predicted octanol–water partition coefficient (Wildman–Crippen LogP) is 2.92. The molecule has 0 radical (unpaired) electrons. The van der Waals surface area contributed by atoms with Crippen molar-refractivity contribution in [2.75, 3.05) is 6.61 Å². The zero-order valence-corrected chi connectivity index (χ0v) is 12.7. The minimum atomic E-state index is -4.93. The zero-order chi connectivity index (χ0) is 15.3. The maximum atomic E-state index is 11.6. The molecule has 2 N–H and O–H groups in total. The van der Waals surface area contributed by atoms with E-state index in [0.717, 1.165) is 0 Å². The van der Waals surface area contributed by atoms with Crippen molar-refractivity contribution in [1.82, 2.24) is 0 Å². The SMILES string of the molecule is CCOC(=O)C(Cl)=C(OP(=O)(O)O)c1ccccc1Cl. The second-order valence-electron chi connectivity index (χ2n) is 3.43. The van der Waals surface area contributed by atoms with Gasteiger partial charge in [-0.15, -0.1) is 0 Å². The molecule has 0 heterocycles. The normalized spacial score (nSPS) is 12.7. The molecule has 0 aliphatic carbocycles. The molecular formula is C11H11Cl2O6P. The van der Waals surface area contributed by atoms with Crippen LogP contribution >= 0.6 is 31.0 Å². The van der Waals surface area contributed by atoms with E-state index in [1.807, 2.05) is 0 Å². The van der Waals surface area contributed by atoms with Gasteiger partial charge in [-0.2, -0.15) is 0 Å². The summed E-state index contributed by atoms with van der Waals surface area (Å²) in [5.74, 6) is -1.51. The Labute approximate surface area is 125 Å². The highest BCUT2D eigenvalue weighted by molar-refractivity contribution is 7.46. The maximum Gasteiger partial charge on any atom is 0.524 e. The standard InChI is InChI=1S/C11H11Cl2O6P/c1-2-18-11(14)9(13)10(19-20(15,16)17)7-5-3-4-6-8(7)12/h3-6H,2H2,1H3,(H2,15,16,17). The fourth-order valence-corrected chi connectivity index (χ4v) is 2.16. The van der Waals surface area contributed by atoms with Gasteiger partial charge in [-0.1, -0.05) is 35.3 Å². The molecule has 0 saturated carbocycles. The first-order valence-electron chi connectivity index (χ1n) is 5.33. The van der Waals surface area contributed by atoms with Crippen LogP contribution in [0.15, 0.2) is 29.3 Å². The molecule has 6 nitrogen and oxygen atoms in total. The molecule has 0 saturated heterocycles. The Morgan fingerprint density at radius 1 is 1.35 bits per heavy atom. The lowest BCUT2D eigenvalue weighted by atomic mass is 10.2. The van der Waals surface area contributed by atoms with Crippen LogP contribution in [0.4, 0.5) is 0 Å². The van der Waals surface area contributed by atoms with Crippen LogP contribution < -0.4 is 0 Å². The molecule has 1 rings (SSSR count). The van der Waals surface area contributed by atoms with E-state index in [1.54, 1.807) is 19.1 Å². The van der Waals surface area contributed by atoms with Crippen LogP contribution in [-0.2, 0) is 18.6 Å². The molecule has 110 valence electrons. The molecule has 0 unspecified atom stereocenters. The summed E-state index contributed by atoms with van der Waals surface area (Å²) in [7, 11) is -4.93. The van der Waals surface area contributed by atoms with E-state index in [0.29, 0.717) is 0 Å². The maximum absolute atomic E-state index is 11.6. The highest BCUT2D eigenvalue weighted by Gasteiger charge is 2.26. The number of phosphoric ester groups is 1. The summed E-state index contributed by atoms with van der Waals surface area (Å²) in [5, 5.41) is -0.498. The molecule has 1 aromatic carbocycles. The molecule has 0 aromatic heterocycles. The molecule has 0 spiro atoms. The van der Waals surface area contributed by atoms with Crippen molar-refractivity contribution in [3.63, 3.8) is 0 Å². The van der Waals surface area contributed by atoms with Gasteiger partial charge < -0.3 is 9.26 Å². The Balaban J connectivity index is 3.36. The number of esters is 1. The van der Waals surface area contributed by atoms with Gasteiger partial charge in [0.15, 0.2) is 10.8 Å². The molecule has 0 atom stereocenters. The van der Waals surface area contributed by atoms with Crippen LogP contribution in [0.25, 0.3) is 5.76 Å². The van der Waals surface area contributed by atoms with Gasteiger partial charge in [0.1, 0.15) is 0 Å². The second-order valence-corrected chi connectivity index (χ2v) is 5.37. The molecule has 20 heavy (non-hydrogen) atoms. The molecule has 9 heteroatoms. The lowest BCUT2D eigenvalue weighted by Crippen LogP contribution is -2.07. The number of carbonyl (C=O) groups is 1. The number of benzene rings is 1. The number of hydrogen-bond acceptors (Lipinski definition) is 4. The van der Waals surface area contributed by atoms with Crippen molar-refractivity contribution in [3.05, 3.63) is 39.9 Å². The van der Waals surface area contributed by atoms with Crippen molar-refractivity contribution in [2.45, 2.75) is 6.92 Å². The quantitative estimate of drug-likeness (QED) is 0.370. The van der Waals surface area contributed by atoms with Crippen LogP contribution in [0.1, 0.15) is 12.5 Å². The van der Waals surface area contributed by atoms with Gasteiger partial charge in [-0.25, -0.2) is 9.36 Å². The summed E-state index contributed by atoms with van der Waals surface area (Å²) in [4.78, 5) is 29.4. The minimum Gasteiger partial charge on any atom is -0.462 e. The van der Waals surface area contributed by atoms with Crippen molar-refractivity contribution in [3.8, 4) is 0 Å². The molecule has 0 amide bonds. The molecule has 0 aliphatic heterocycles. The van der Waals surface area contributed by atoms with Gasteiger partial charge >= 0.3 is 13.8 Å². The second kappa shape index (κ2) is 7.11. The Bertz CT molecular complexity index is 580. The van der Waals surface area contributed by atoms with Gasteiger partial charge in [0.25, 0.3) is 0 Å². The van der Waals surface area contributed by atoms with Gasteiger partial charge in [0.2, 0.25) is 0 Å². The van der Waals surface area contributed by atoms with Crippen LogP contribution in [0.5, 0.6) is 0 Å². The first-order chi connectivity index (χ1) is 9.26. The summed E-state index contributed by atoms with van der Waals surface area (Å²) in [6, 6.07) is 5.99. The average Bonchev–Trinajstić information content (AvgIpc) is 2.35. The minimum absolute atomic E-state index is 0.0424. The van der Waals surface area contributed by atoms with Gasteiger partial charge in [0.05, 0.1) is 11.6 Å². The highest BCUT2D eigenvalue weighted by atomic mass is 35.5. The first kappa shape index (κ1) is 17.0. The van der Waals surface area contributed by atoms with Crippen LogP contribution in [0.2, 0.25) is 5.02 Å². The third-order valence-corrected chi connectivity index (χ3v) is 3.06. The van der Waals surface area contributed by atoms with Gasteiger partial charge in [-0.3, -0.25) is 9.79 Å². The van der Waals surface area contributed by atoms with E-state index in [4.69, 9.17) is 33.0 Å². The van der Waals surface area contributed by atoms with Crippen molar-refractivity contribution < 1.29 is 28.4 Å². The van der Waals surface area contributed by atoms with Crippen LogP contribution in [0, 0.1) is 0 Å². The summed E-state index contributed by atoms with van der Waals surface area (Å²) in [5.41, 5.74) is 0.0653.